The summed E-state index contributed by atoms with van der Waals surface area (Å²) in [7, 11) is 1.53. The van der Waals surface area contributed by atoms with E-state index in [-0.39, 0.29) is 35.2 Å². The SMILES string of the molecule is COCCc1nc2sc(C(=O)O)c(C)c2c(=O)n1CCCC(=O)O. The van der Waals surface area contributed by atoms with E-state index in [1.165, 1.54) is 11.7 Å². The molecule has 0 aliphatic heterocycles. The highest BCUT2D eigenvalue weighted by atomic mass is 32.1. The maximum Gasteiger partial charge on any atom is 0.346 e. The summed E-state index contributed by atoms with van der Waals surface area (Å²) in [4.78, 5) is 39.7. The summed E-state index contributed by atoms with van der Waals surface area (Å²) in [5.41, 5.74) is 0.0583. The minimum Gasteiger partial charge on any atom is -0.481 e. The van der Waals surface area contributed by atoms with Gasteiger partial charge in [-0.2, -0.15) is 0 Å². The molecule has 2 heterocycles. The molecule has 2 N–H and O–H groups in total. The molecule has 24 heavy (non-hydrogen) atoms. The smallest absolute Gasteiger partial charge is 0.346 e. The van der Waals surface area contributed by atoms with E-state index < -0.39 is 11.9 Å². The molecule has 2 rings (SSSR count). The van der Waals surface area contributed by atoms with Gasteiger partial charge in [0.05, 0.1) is 12.0 Å². The van der Waals surface area contributed by atoms with Gasteiger partial charge >= 0.3 is 11.9 Å². The summed E-state index contributed by atoms with van der Waals surface area (Å²) in [5.74, 6) is -1.56. The topological polar surface area (TPSA) is 119 Å². The van der Waals surface area contributed by atoms with Crippen molar-refractivity contribution in [1.82, 2.24) is 9.55 Å². The second kappa shape index (κ2) is 7.54. The Balaban J connectivity index is 2.56. The number of thiophene rings is 1. The second-order valence-corrected chi connectivity index (χ2v) is 6.27. The molecule has 130 valence electrons. The number of ether oxygens (including phenoxy) is 1. The van der Waals surface area contributed by atoms with Gasteiger partial charge < -0.3 is 14.9 Å². The molecular formula is C15H18N2O6S. The average molecular weight is 354 g/mol. The van der Waals surface area contributed by atoms with E-state index in [4.69, 9.17) is 9.84 Å². The number of carboxylic acids is 2. The van der Waals surface area contributed by atoms with E-state index in [2.05, 4.69) is 4.98 Å². The number of carbonyl (C=O) groups is 2. The molecule has 0 atom stereocenters. The highest BCUT2D eigenvalue weighted by molar-refractivity contribution is 7.20. The lowest BCUT2D eigenvalue weighted by molar-refractivity contribution is -0.137. The van der Waals surface area contributed by atoms with Crippen LogP contribution in [0.25, 0.3) is 10.2 Å². The number of aromatic carboxylic acids is 1. The summed E-state index contributed by atoms with van der Waals surface area (Å²) < 4.78 is 6.45. The van der Waals surface area contributed by atoms with Gasteiger partial charge in [0, 0.05) is 26.5 Å². The lowest BCUT2D eigenvalue weighted by Gasteiger charge is -2.12. The van der Waals surface area contributed by atoms with Crippen LogP contribution in [0.15, 0.2) is 4.79 Å². The molecule has 0 saturated carbocycles. The molecule has 9 heteroatoms. The van der Waals surface area contributed by atoms with Gasteiger partial charge in [0.1, 0.15) is 15.5 Å². The van der Waals surface area contributed by atoms with Gasteiger partial charge in [-0.05, 0) is 18.9 Å². The number of fused-ring (bicyclic) bond motifs is 1. The van der Waals surface area contributed by atoms with Gasteiger partial charge in [0.15, 0.2) is 0 Å². The van der Waals surface area contributed by atoms with Crippen molar-refractivity contribution in [2.75, 3.05) is 13.7 Å². The van der Waals surface area contributed by atoms with E-state index in [0.29, 0.717) is 29.2 Å². The Morgan fingerprint density at radius 2 is 2.04 bits per heavy atom. The molecule has 2 aromatic heterocycles. The summed E-state index contributed by atoms with van der Waals surface area (Å²) in [5, 5.41) is 18.3. The molecule has 0 saturated heterocycles. The first kappa shape index (κ1) is 18.1. The number of nitrogens with zero attached hydrogens (tertiary/aromatic N) is 2. The zero-order chi connectivity index (χ0) is 17.9. The van der Waals surface area contributed by atoms with Gasteiger partial charge in [-0.3, -0.25) is 14.2 Å². The van der Waals surface area contributed by atoms with Gasteiger partial charge in [0.2, 0.25) is 0 Å². The number of methoxy groups -OCH3 is 1. The first-order chi connectivity index (χ1) is 11.4. The largest absolute Gasteiger partial charge is 0.481 e. The fourth-order valence-electron chi connectivity index (χ4n) is 2.47. The van der Waals surface area contributed by atoms with Crippen LogP contribution in [-0.4, -0.2) is 45.4 Å². The van der Waals surface area contributed by atoms with Gasteiger partial charge in [-0.15, -0.1) is 11.3 Å². The van der Waals surface area contributed by atoms with Crippen LogP contribution in [0.4, 0.5) is 0 Å². The van der Waals surface area contributed by atoms with Gasteiger partial charge in [0.25, 0.3) is 5.56 Å². The Kier molecular flexibility index (Phi) is 5.68. The zero-order valence-corrected chi connectivity index (χ0v) is 14.2. The molecule has 0 spiro atoms. The predicted octanol–water partition coefficient (Wildman–Crippen LogP) is 1.52. The summed E-state index contributed by atoms with van der Waals surface area (Å²) in [6, 6.07) is 0. The number of rotatable bonds is 8. The van der Waals surface area contributed by atoms with Crippen LogP contribution in [0.2, 0.25) is 0 Å². The highest BCUT2D eigenvalue weighted by Crippen LogP contribution is 2.27. The van der Waals surface area contributed by atoms with E-state index in [1.54, 1.807) is 6.92 Å². The van der Waals surface area contributed by atoms with Crippen molar-refractivity contribution < 1.29 is 24.5 Å². The van der Waals surface area contributed by atoms with Crippen LogP contribution >= 0.6 is 11.3 Å². The molecule has 0 aliphatic rings. The molecule has 8 nitrogen and oxygen atoms in total. The third kappa shape index (κ3) is 3.62. The summed E-state index contributed by atoms with van der Waals surface area (Å²) in [6.45, 7) is 2.15. The number of aromatic nitrogens is 2. The van der Waals surface area contributed by atoms with Crippen LogP contribution in [0.1, 0.15) is 33.9 Å². The first-order valence-corrected chi connectivity index (χ1v) is 8.15. The molecule has 2 aromatic rings. The van der Waals surface area contributed by atoms with Crippen LogP contribution in [0.5, 0.6) is 0 Å². The fraction of sp³-hybridized carbons (Fsp3) is 0.467. The summed E-state index contributed by atoms with van der Waals surface area (Å²) >= 11 is 0.972. The number of aryl methyl sites for hydroxylation is 1. The van der Waals surface area contributed by atoms with Crippen molar-refractivity contribution in [2.45, 2.75) is 32.7 Å². The van der Waals surface area contributed by atoms with Crippen LogP contribution in [0, 0.1) is 6.92 Å². The number of aliphatic carboxylic acids is 1. The predicted molar refractivity (Wildman–Crippen MR) is 88.0 cm³/mol. The minimum atomic E-state index is -1.09. The highest BCUT2D eigenvalue weighted by Gasteiger charge is 2.21. The Bertz CT molecular complexity index is 839. The first-order valence-electron chi connectivity index (χ1n) is 7.33. The average Bonchev–Trinajstić information content (AvgIpc) is 2.84. The molecule has 0 fully saturated rings. The lowest BCUT2D eigenvalue weighted by atomic mass is 10.2. The molecule has 0 amide bonds. The normalized spacial score (nSPS) is 11.1. The van der Waals surface area contributed by atoms with Crippen LogP contribution in [0.3, 0.4) is 0 Å². The minimum absolute atomic E-state index is 0.0583. The van der Waals surface area contributed by atoms with E-state index >= 15 is 0 Å². The van der Waals surface area contributed by atoms with Crippen molar-refractivity contribution in [3.63, 3.8) is 0 Å². The maximum atomic E-state index is 12.8. The third-order valence-electron chi connectivity index (χ3n) is 3.63. The standard InChI is InChI=1S/C15H18N2O6S/c1-8-11-13(24-12(8)15(21)22)16-9(5-7-23-2)17(14(11)20)6-3-4-10(18)19/h3-7H2,1-2H3,(H,18,19)(H,21,22). The molecule has 0 aromatic carbocycles. The maximum absolute atomic E-state index is 12.8. The zero-order valence-electron chi connectivity index (χ0n) is 13.4. The van der Waals surface area contributed by atoms with Crippen molar-refractivity contribution in [1.29, 1.82) is 0 Å². The van der Waals surface area contributed by atoms with Gasteiger partial charge in [-0.1, -0.05) is 0 Å². The van der Waals surface area contributed by atoms with E-state index in [9.17, 15) is 19.5 Å². The van der Waals surface area contributed by atoms with Crippen molar-refractivity contribution in [3.05, 3.63) is 26.6 Å². The Labute approximate surface area is 141 Å². The fourth-order valence-corrected chi connectivity index (χ4v) is 3.50. The number of hydrogen-bond acceptors (Lipinski definition) is 6. The lowest BCUT2D eigenvalue weighted by Crippen LogP contribution is -2.26. The van der Waals surface area contributed by atoms with E-state index in [1.807, 2.05) is 0 Å². The third-order valence-corrected chi connectivity index (χ3v) is 4.80. The van der Waals surface area contributed by atoms with Crippen LogP contribution < -0.4 is 5.56 Å². The van der Waals surface area contributed by atoms with E-state index in [0.717, 1.165) is 11.3 Å². The summed E-state index contributed by atoms with van der Waals surface area (Å²) in [6.07, 6.45) is 0.614. The Morgan fingerprint density at radius 1 is 1.33 bits per heavy atom. The van der Waals surface area contributed by atoms with Crippen molar-refractivity contribution in [2.24, 2.45) is 0 Å². The number of carboxylic acid groups (broad SMARTS) is 2. The van der Waals surface area contributed by atoms with Crippen LogP contribution in [-0.2, 0) is 22.5 Å². The monoisotopic (exact) mass is 354 g/mol. The molecule has 0 unspecified atom stereocenters. The number of hydrogen-bond donors (Lipinski definition) is 2. The van der Waals surface area contributed by atoms with Crippen molar-refractivity contribution in [3.8, 4) is 0 Å². The van der Waals surface area contributed by atoms with Gasteiger partial charge in [-0.25, -0.2) is 9.78 Å². The Hall–Kier alpha value is -2.26. The van der Waals surface area contributed by atoms with Crippen molar-refractivity contribution >= 4 is 33.5 Å². The molecule has 0 aliphatic carbocycles. The molecule has 0 radical (unpaired) electrons. The second-order valence-electron chi connectivity index (χ2n) is 5.27. The molecular weight excluding hydrogens is 336 g/mol. The quantitative estimate of drug-likeness (QED) is 0.737. The molecule has 0 bridgehead atoms. The Morgan fingerprint density at radius 3 is 2.62 bits per heavy atom.